The molecule has 0 spiro atoms. The number of carbonyl (C=O) groups excluding carboxylic acids is 1. The summed E-state index contributed by atoms with van der Waals surface area (Å²) in [5, 5.41) is 5.98. The van der Waals surface area contributed by atoms with Crippen LogP contribution < -0.4 is 10.6 Å². The van der Waals surface area contributed by atoms with Crippen LogP contribution in [0.15, 0.2) is 18.3 Å². The minimum atomic E-state index is -3.00. The van der Waals surface area contributed by atoms with Crippen molar-refractivity contribution in [2.75, 3.05) is 16.8 Å². The number of sulfone groups is 1. The van der Waals surface area contributed by atoms with E-state index in [2.05, 4.69) is 15.6 Å². The van der Waals surface area contributed by atoms with Crippen LogP contribution >= 0.6 is 0 Å². The Labute approximate surface area is 125 Å². The van der Waals surface area contributed by atoms with E-state index in [9.17, 15) is 13.2 Å². The molecule has 7 heteroatoms. The molecule has 2 rings (SSSR count). The van der Waals surface area contributed by atoms with Gasteiger partial charge in [0, 0.05) is 11.6 Å². The summed E-state index contributed by atoms with van der Waals surface area (Å²) in [4.78, 5) is 16.1. The largest absolute Gasteiger partial charge is 0.379 e. The van der Waals surface area contributed by atoms with Gasteiger partial charge in [-0.25, -0.2) is 13.4 Å². The quantitative estimate of drug-likeness (QED) is 0.876. The van der Waals surface area contributed by atoms with Crippen molar-refractivity contribution in [3.63, 3.8) is 0 Å². The van der Waals surface area contributed by atoms with E-state index in [1.54, 1.807) is 18.3 Å². The molecule has 2 N–H and O–H groups in total. The molecule has 21 heavy (non-hydrogen) atoms. The van der Waals surface area contributed by atoms with E-state index in [1.807, 2.05) is 20.8 Å². The highest BCUT2D eigenvalue weighted by molar-refractivity contribution is 7.91. The van der Waals surface area contributed by atoms with E-state index >= 15 is 0 Å². The Hall–Kier alpha value is -1.63. The summed E-state index contributed by atoms with van der Waals surface area (Å²) in [6.07, 6.45) is 2.07. The van der Waals surface area contributed by atoms with Crippen molar-refractivity contribution in [2.24, 2.45) is 0 Å². The number of nitrogens with one attached hydrogen (secondary N) is 2. The van der Waals surface area contributed by atoms with Crippen molar-refractivity contribution in [3.8, 4) is 0 Å². The first-order valence-corrected chi connectivity index (χ1v) is 8.72. The van der Waals surface area contributed by atoms with Crippen LogP contribution in [0.5, 0.6) is 0 Å². The maximum absolute atomic E-state index is 12.0. The molecule has 2 heterocycles. The van der Waals surface area contributed by atoms with Gasteiger partial charge in [0.1, 0.15) is 5.69 Å². The monoisotopic (exact) mass is 311 g/mol. The number of hydrogen-bond acceptors (Lipinski definition) is 5. The Bertz CT molecular complexity index is 618. The van der Waals surface area contributed by atoms with Crippen molar-refractivity contribution < 1.29 is 13.2 Å². The molecule has 1 aromatic rings. The molecular weight excluding hydrogens is 290 g/mol. The Kier molecular flexibility index (Phi) is 4.22. The van der Waals surface area contributed by atoms with Crippen molar-refractivity contribution in [1.29, 1.82) is 0 Å². The maximum atomic E-state index is 12.0. The second-order valence-electron chi connectivity index (χ2n) is 6.38. The van der Waals surface area contributed by atoms with Crippen molar-refractivity contribution in [2.45, 2.75) is 38.8 Å². The highest BCUT2D eigenvalue weighted by Gasteiger charge is 2.29. The molecule has 1 unspecified atom stereocenters. The number of pyridine rings is 1. The Balaban J connectivity index is 1.97. The highest BCUT2D eigenvalue weighted by Crippen LogP contribution is 2.15. The number of rotatable bonds is 3. The van der Waals surface area contributed by atoms with Gasteiger partial charge >= 0.3 is 0 Å². The lowest BCUT2D eigenvalue weighted by Crippen LogP contribution is -2.36. The molecule has 1 amide bonds. The fourth-order valence-corrected chi connectivity index (χ4v) is 3.88. The minimum absolute atomic E-state index is 0.0163. The normalized spacial score (nSPS) is 21.0. The predicted octanol–water partition coefficient (Wildman–Crippen LogP) is 1.21. The molecular formula is C14H21N3O3S. The van der Waals surface area contributed by atoms with Crippen LogP contribution in [0.1, 0.15) is 37.7 Å². The minimum Gasteiger partial charge on any atom is -0.379 e. The van der Waals surface area contributed by atoms with Gasteiger partial charge in [0.15, 0.2) is 9.84 Å². The first-order chi connectivity index (χ1) is 9.65. The number of aromatic nitrogens is 1. The lowest BCUT2D eigenvalue weighted by Gasteiger charge is -2.21. The molecule has 1 aliphatic heterocycles. The van der Waals surface area contributed by atoms with Crippen LogP contribution in [0.25, 0.3) is 0 Å². The smallest absolute Gasteiger partial charge is 0.270 e. The van der Waals surface area contributed by atoms with Gasteiger partial charge in [-0.1, -0.05) is 0 Å². The van der Waals surface area contributed by atoms with Crippen LogP contribution in [-0.4, -0.2) is 42.4 Å². The van der Waals surface area contributed by atoms with E-state index in [4.69, 9.17) is 0 Å². The molecule has 0 saturated carbocycles. The van der Waals surface area contributed by atoms with E-state index in [-0.39, 0.29) is 29.0 Å². The third-order valence-corrected chi connectivity index (χ3v) is 4.85. The van der Waals surface area contributed by atoms with Crippen LogP contribution in [0.2, 0.25) is 0 Å². The first-order valence-electron chi connectivity index (χ1n) is 6.90. The van der Waals surface area contributed by atoms with E-state index in [1.165, 1.54) is 0 Å². The second kappa shape index (κ2) is 5.63. The standard InChI is InChI=1S/C14H21N3O3S/c1-14(2,3)17-10-4-5-12(15-8-10)13(18)16-11-6-7-21(19,20)9-11/h4-5,8,11,17H,6-7,9H2,1-3H3,(H,16,18). The Morgan fingerprint density at radius 1 is 1.33 bits per heavy atom. The number of nitrogens with zero attached hydrogens (tertiary/aromatic N) is 1. The van der Waals surface area contributed by atoms with Gasteiger partial charge in [-0.15, -0.1) is 0 Å². The summed E-state index contributed by atoms with van der Waals surface area (Å²) in [5.74, 6) is -0.179. The topological polar surface area (TPSA) is 88.2 Å². The Morgan fingerprint density at radius 3 is 2.52 bits per heavy atom. The summed E-state index contributed by atoms with van der Waals surface area (Å²) < 4.78 is 22.7. The maximum Gasteiger partial charge on any atom is 0.270 e. The number of carbonyl (C=O) groups is 1. The molecule has 0 bridgehead atoms. The summed E-state index contributed by atoms with van der Waals surface area (Å²) >= 11 is 0. The lowest BCUT2D eigenvalue weighted by molar-refractivity contribution is 0.0936. The zero-order valence-electron chi connectivity index (χ0n) is 12.5. The van der Waals surface area contributed by atoms with Gasteiger partial charge in [-0.3, -0.25) is 4.79 Å². The number of anilines is 1. The zero-order chi connectivity index (χ0) is 15.7. The van der Waals surface area contributed by atoms with Crippen molar-refractivity contribution in [3.05, 3.63) is 24.0 Å². The van der Waals surface area contributed by atoms with Crippen molar-refractivity contribution >= 4 is 21.4 Å². The molecule has 116 valence electrons. The van der Waals surface area contributed by atoms with Crippen LogP contribution in [0, 0.1) is 0 Å². The SMILES string of the molecule is CC(C)(C)Nc1ccc(C(=O)NC2CCS(=O)(=O)C2)nc1. The third kappa shape index (κ3) is 4.70. The molecule has 0 aliphatic carbocycles. The average Bonchev–Trinajstić information content (AvgIpc) is 2.67. The summed E-state index contributed by atoms with van der Waals surface area (Å²) in [6, 6.07) is 3.11. The predicted molar refractivity (Wildman–Crippen MR) is 82.1 cm³/mol. The molecule has 1 fully saturated rings. The average molecular weight is 311 g/mol. The van der Waals surface area contributed by atoms with Crippen LogP contribution in [-0.2, 0) is 9.84 Å². The highest BCUT2D eigenvalue weighted by atomic mass is 32.2. The van der Waals surface area contributed by atoms with Crippen molar-refractivity contribution in [1.82, 2.24) is 10.3 Å². The fourth-order valence-electron chi connectivity index (χ4n) is 2.20. The van der Waals surface area contributed by atoms with Gasteiger partial charge in [0.05, 0.1) is 23.4 Å². The molecule has 6 nitrogen and oxygen atoms in total. The van der Waals surface area contributed by atoms with Gasteiger partial charge in [0.25, 0.3) is 5.91 Å². The summed E-state index contributed by atoms with van der Waals surface area (Å²) in [5.41, 5.74) is 1.05. The summed E-state index contributed by atoms with van der Waals surface area (Å²) in [7, 11) is -3.00. The lowest BCUT2D eigenvalue weighted by atomic mass is 10.1. The molecule has 1 aromatic heterocycles. The third-order valence-electron chi connectivity index (χ3n) is 3.08. The van der Waals surface area contributed by atoms with Crippen LogP contribution in [0.4, 0.5) is 5.69 Å². The van der Waals surface area contributed by atoms with Gasteiger partial charge in [-0.2, -0.15) is 0 Å². The van der Waals surface area contributed by atoms with E-state index in [0.717, 1.165) is 5.69 Å². The van der Waals surface area contributed by atoms with Gasteiger partial charge < -0.3 is 10.6 Å². The van der Waals surface area contributed by atoms with Gasteiger partial charge in [0.2, 0.25) is 0 Å². The second-order valence-corrected chi connectivity index (χ2v) is 8.61. The first kappa shape index (κ1) is 15.8. The van der Waals surface area contributed by atoms with Gasteiger partial charge in [-0.05, 0) is 39.3 Å². The number of hydrogen-bond donors (Lipinski definition) is 2. The number of amides is 1. The molecule has 1 atom stereocenters. The summed E-state index contributed by atoms with van der Waals surface area (Å²) in [6.45, 7) is 6.11. The molecule has 1 saturated heterocycles. The van der Waals surface area contributed by atoms with Crippen LogP contribution in [0.3, 0.4) is 0 Å². The van der Waals surface area contributed by atoms with E-state index < -0.39 is 9.84 Å². The van der Waals surface area contributed by atoms with E-state index in [0.29, 0.717) is 12.1 Å². The molecule has 0 radical (unpaired) electrons. The fraction of sp³-hybridized carbons (Fsp3) is 0.571. The zero-order valence-corrected chi connectivity index (χ0v) is 13.3. The molecule has 1 aliphatic rings. The molecule has 0 aromatic carbocycles. The Morgan fingerprint density at radius 2 is 2.05 bits per heavy atom.